The van der Waals surface area contributed by atoms with Gasteiger partial charge in [0.15, 0.2) is 0 Å². The van der Waals surface area contributed by atoms with E-state index in [1.54, 1.807) is 24.4 Å². The smallest absolute Gasteiger partial charge is 0.274 e. The monoisotopic (exact) mass is 289 g/mol. The number of hydrogen-bond donors (Lipinski definition) is 2. The predicted molar refractivity (Wildman–Crippen MR) is 82.5 cm³/mol. The van der Waals surface area contributed by atoms with E-state index in [9.17, 15) is 4.79 Å². The van der Waals surface area contributed by atoms with Crippen molar-refractivity contribution in [2.75, 3.05) is 17.2 Å². The topological polar surface area (TPSA) is 54.0 Å². The maximum atomic E-state index is 12.1. The average molecular weight is 290 g/mol. The summed E-state index contributed by atoms with van der Waals surface area (Å²) in [5.41, 5.74) is 2.83. The van der Waals surface area contributed by atoms with Gasteiger partial charge in [-0.2, -0.15) is 0 Å². The molecule has 4 nitrogen and oxygen atoms in total. The van der Waals surface area contributed by atoms with Crippen molar-refractivity contribution in [2.24, 2.45) is 0 Å². The first kappa shape index (κ1) is 14.3. The van der Waals surface area contributed by atoms with Gasteiger partial charge in [-0.15, -0.1) is 0 Å². The molecule has 0 aliphatic carbocycles. The van der Waals surface area contributed by atoms with E-state index in [-0.39, 0.29) is 5.91 Å². The third kappa shape index (κ3) is 3.48. The Morgan fingerprint density at radius 3 is 2.80 bits per heavy atom. The molecule has 0 aliphatic heterocycles. The lowest BCUT2D eigenvalue weighted by Gasteiger charge is -2.09. The molecule has 1 aromatic carbocycles. The minimum atomic E-state index is -0.282. The minimum absolute atomic E-state index is 0.282. The van der Waals surface area contributed by atoms with Crippen molar-refractivity contribution in [3.8, 4) is 0 Å². The van der Waals surface area contributed by atoms with E-state index in [2.05, 4.69) is 15.6 Å². The second-order valence-electron chi connectivity index (χ2n) is 4.40. The number of nitrogens with zero attached hydrogens (tertiary/aromatic N) is 1. The van der Waals surface area contributed by atoms with E-state index in [1.807, 2.05) is 26.0 Å². The number of halogens is 1. The first-order valence-corrected chi connectivity index (χ1v) is 6.75. The van der Waals surface area contributed by atoms with Crippen molar-refractivity contribution >= 4 is 28.9 Å². The van der Waals surface area contributed by atoms with Crippen LogP contribution in [-0.4, -0.2) is 17.4 Å². The third-order valence-corrected chi connectivity index (χ3v) is 3.06. The largest absolute Gasteiger partial charge is 0.385 e. The third-order valence-electron chi connectivity index (χ3n) is 2.75. The number of aromatic nitrogens is 1. The van der Waals surface area contributed by atoms with Crippen LogP contribution in [0.15, 0.2) is 36.5 Å². The van der Waals surface area contributed by atoms with Gasteiger partial charge in [0.05, 0.1) is 10.7 Å². The summed E-state index contributed by atoms with van der Waals surface area (Å²) < 4.78 is 0. The molecule has 2 rings (SSSR count). The quantitative estimate of drug-likeness (QED) is 0.902. The number of aryl methyl sites for hydroxylation is 1. The normalized spacial score (nSPS) is 10.2. The van der Waals surface area contributed by atoms with E-state index in [4.69, 9.17) is 11.6 Å². The lowest BCUT2D eigenvalue weighted by atomic mass is 10.2. The molecule has 2 N–H and O–H groups in total. The maximum absolute atomic E-state index is 12.1. The zero-order valence-corrected chi connectivity index (χ0v) is 12.2. The Hall–Kier alpha value is -2.07. The Morgan fingerprint density at radius 2 is 2.10 bits per heavy atom. The Labute approximate surface area is 123 Å². The molecular formula is C15H16ClN3O. The molecule has 2 aromatic rings. The Kier molecular flexibility index (Phi) is 4.58. The molecule has 0 bridgehead atoms. The van der Waals surface area contributed by atoms with Crippen molar-refractivity contribution in [3.05, 3.63) is 52.8 Å². The fourth-order valence-electron chi connectivity index (χ4n) is 1.78. The summed E-state index contributed by atoms with van der Waals surface area (Å²) in [6, 6.07) is 9.01. The number of hydrogen-bond acceptors (Lipinski definition) is 3. The van der Waals surface area contributed by atoms with Crippen LogP contribution in [0.5, 0.6) is 0 Å². The summed E-state index contributed by atoms with van der Waals surface area (Å²) in [4.78, 5) is 16.2. The van der Waals surface area contributed by atoms with Gasteiger partial charge in [0.1, 0.15) is 5.69 Å². The number of rotatable bonds is 4. The van der Waals surface area contributed by atoms with Crippen LogP contribution in [0.4, 0.5) is 11.4 Å². The highest BCUT2D eigenvalue weighted by Crippen LogP contribution is 2.23. The number of nitrogens with one attached hydrogen (secondary N) is 2. The van der Waals surface area contributed by atoms with Gasteiger partial charge in [-0.1, -0.05) is 17.7 Å². The molecular weight excluding hydrogens is 274 g/mol. The van der Waals surface area contributed by atoms with Crippen LogP contribution in [0.1, 0.15) is 23.0 Å². The summed E-state index contributed by atoms with van der Waals surface area (Å²) in [5.74, 6) is -0.282. The van der Waals surface area contributed by atoms with Crippen LogP contribution in [-0.2, 0) is 0 Å². The van der Waals surface area contributed by atoms with E-state index in [0.29, 0.717) is 16.4 Å². The molecule has 0 unspecified atom stereocenters. The van der Waals surface area contributed by atoms with Gasteiger partial charge < -0.3 is 10.6 Å². The maximum Gasteiger partial charge on any atom is 0.274 e. The molecule has 0 saturated heterocycles. The van der Waals surface area contributed by atoms with Gasteiger partial charge in [0.2, 0.25) is 0 Å². The first-order chi connectivity index (χ1) is 9.60. The van der Waals surface area contributed by atoms with Crippen molar-refractivity contribution in [1.29, 1.82) is 0 Å². The molecule has 0 fully saturated rings. The van der Waals surface area contributed by atoms with Crippen molar-refractivity contribution < 1.29 is 4.79 Å². The highest BCUT2D eigenvalue weighted by molar-refractivity contribution is 6.34. The second-order valence-corrected chi connectivity index (χ2v) is 4.80. The van der Waals surface area contributed by atoms with Crippen LogP contribution < -0.4 is 10.6 Å². The minimum Gasteiger partial charge on any atom is -0.385 e. The van der Waals surface area contributed by atoms with Gasteiger partial charge in [0.25, 0.3) is 5.91 Å². The predicted octanol–water partition coefficient (Wildman–Crippen LogP) is 3.73. The average Bonchev–Trinajstić information content (AvgIpc) is 2.42. The van der Waals surface area contributed by atoms with Gasteiger partial charge in [-0.05, 0) is 43.7 Å². The van der Waals surface area contributed by atoms with E-state index >= 15 is 0 Å². The van der Waals surface area contributed by atoms with Crippen LogP contribution >= 0.6 is 11.6 Å². The highest BCUT2D eigenvalue weighted by Gasteiger charge is 2.10. The van der Waals surface area contributed by atoms with Crippen molar-refractivity contribution in [2.45, 2.75) is 13.8 Å². The number of anilines is 2. The zero-order valence-electron chi connectivity index (χ0n) is 11.4. The molecule has 0 saturated carbocycles. The van der Waals surface area contributed by atoms with Crippen LogP contribution in [0.2, 0.25) is 5.02 Å². The van der Waals surface area contributed by atoms with Crippen molar-refractivity contribution in [3.63, 3.8) is 0 Å². The van der Waals surface area contributed by atoms with Crippen molar-refractivity contribution in [1.82, 2.24) is 4.98 Å². The molecule has 0 radical (unpaired) electrons. The number of amides is 1. The summed E-state index contributed by atoms with van der Waals surface area (Å²) in [7, 11) is 0. The van der Waals surface area contributed by atoms with Gasteiger partial charge in [0, 0.05) is 18.4 Å². The first-order valence-electron chi connectivity index (χ1n) is 6.37. The number of carbonyl (C=O) groups is 1. The zero-order chi connectivity index (χ0) is 14.5. The van der Waals surface area contributed by atoms with Gasteiger partial charge in [-0.25, -0.2) is 0 Å². The Bertz CT molecular complexity index is 628. The lowest BCUT2D eigenvalue weighted by Crippen LogP contribution is -2.14. The second kappa shape index (κ2) is 6.39. The number of pyridine rings is 1. The molecule has 20 heavy (non-hydrogen) atoms. The van der Waals surface area contributed by atoms with Crippen LogP contribution in [0.3, 0.4) is 0 Å². The highest BCUT2D eigenvalue weighted by atomic mass is 35.5. The molecule has 0 spiro atoms. The summed E-state index contributed by atoms with van der Waals surface area (Å²) in [6.45, 7) is 4.72. The molecule has 1 aromatic heterocycles. The molecule has 5 heteroatoms. The Morgan fingerprint density at radius 1 is 1.30 bits per heavy atom. The Balaban J connectivity index is 2.17. The number of carbonyl (C=O) groups excluding carboxylic acids is 1. The van der Waals surface area contributed by atoms with E-state index < -0.39 is 0 Å². The lowest BCUT2D eigenvalue weighted by molar-refractivity contribution is 0.102. The van der Waals surface area contributed by atoms with Gasteiger partial charge in [-0.3, -0.25) is 9.78 Å². The summed E-state index contributed by atoms with van der Waals surface area (Å²) in [6.07, 6.45) is 1.60. The summed E-state index contributed by atoms with van der Waals surface area (Å²) in [5, 5.41) is 6.42. The van der Waals surface area contributed by atoms with Crippen LogP contribution in [0.25, 0.3) is 0 Å². The fraction of sp³-hybridized carbons (Fsp3) is 0.200. The standard InChI is InChI=1S/C15H16ClN3O/c1-3-17-11-6-7-18-14(9-11)15(20)19-13-5-4-10(2)8-12(13)16/h4-9H,3H2,1-2H3,(H,17,18)(H,19,20). The van der Waals surface area contributed by atoms with Gasteiger partial charge >= 0.3 is 0 Å². The molecule has 104 valence electrons. The molecule has 0 atom stereocenters. The molecule has 1 heterocycles. The number of benzene rings is 1. The fourth-order valence-corrected chi connectivity index (χ4v) is 2.06. The van der Waals surface area contributed by atoms with Crippen LogP contribution in [0, 0.1) is 6.92 Å². The SMILES string of the molecule is CCNc1ccnc(C(=O)Nc2ccc(C)cc2Cl)c1. The van der Waals surface area contributed by atoms with E-state index in [1.165, 1.54) is 0 Å². The molecule has 0 aliphatic rings. The molecule has 1 amide bonds. The van der Waals surface area contributed by atoms with E-state index in [0.717, 1.165) is 17.8 Å². The summed E-state index contributed by atoms with van der Waals surface area (Å²) >= 11 is 6.09.